The first kappa shape index (κ1) is 13.0. The monoisotopic (exact) mass is 262 g/mol. The second-order valence-electron chi connectivity index (χ2n) is 4.91. The number of rotatable bonds is 3. The number of nitrogens with one attached hydrogen (secondary N) is 1. The van der Waals surface area contributed by atoms with E-state index in [9.17, 15) is 4.79 Å². The van der Waals surface area contributed by atoms with Crippen molar-refractivity contribution >= 4 is 28.8 Å². The van der Waals surface area contributed by atoms with E-state index < -0.39 is 0 Å². The Bertz CT molecular complexity index is 473. The minimum Gasteiger partial charge on any atom is -0.389 e. The largest absolute Gasteiger partial charge is 0.389 e. The summed E-state index contributed by atoms with van der Waals surface area (Å²) in [7, 11) is 0. The van der Waals surface area contributed by atoms with Crippen LogP contribution in [0.5, 0.6) is 0 Å². The van der Waals surface area contributed by atoms with E-state index >= 15 is 0 Å². The van der Waals surface area contributed by atoms with E-state index in [0.29, 0.717) is 16.6 Å². The molecule has 2 unspecified atom stereocenters. The van der Waals surface area contributed by atoms with Crippen molar-refractivity contribution < 1.29 is 4.79 Å². The molecule has 2 rings (SSSR count). The Morgan fingerprint density at radius 1 is 1.39 bits per heavy atom. The van der Waals surface area contributed by atoms with Crippen LogP contribution in [0.4, 0.5) is 5.69 Å². The molecule has 1 aromatic carbocycles. The van der Waals surface area contributed by atoms with Crippen LogP contribution in [-0.4, -0.2) is 10.9 Å². The highest BCUT2D eigenvalue weighted by atomic mass is 32.1. The van der Waals surface area contributed by atoms with E-state index in [0.717, 1.165) is 24.8 Å². The number of thiocarbonyl (C=S) groups is 1. The normalized spacial score (nSPS) is 22.7. The zero-order valence-corrected chi connectivity index (χ0v) is 11.3. The Kier molecular flexibility index (Phi) is 3.97. The van der Waals surface area contributed by atoms with Crippen LogP contribution in [0.3, 0.4) is 0 Å². The molecule has 18 heavy (non-hydrogen) atoms. The fourth-order valence-electron chi connectivity index (χ4n) is 2.57. The van der Waals surface area contributed by atoms with Gasteiger partial charge in [0.1, 0.15) is 4.99 Å². The third-order valence-electron chi connectivity index (χ3n) is 3.65. The molecule has 3 N–H and O–H groups in total. The molecular formula is C14H18N2OS. The van der Waals surface area contributed by atoms with Gasteiger partial charge in [-0.3, -0.25) is 4.79 Å². The minimum atomic E-state index is 0.0868. The summed E-state index contributed by atoms with van der Waals surface area (Å²) < 4.78 is 0. The molecule has 3 nitrogen and oxygen atoms in total. The molecule has 1 aromatic rings. The van der Waals surface area contributed by atoms with E-state index in [-0.39, 0.29) is 11.8 Å². The standard InChI is InChI=1S/C14H18N2OS/c1-9-5-4-7-10(9)14(17)16-12-8-3-2-6-11(12)13(15)18/h2-3,6,8-10H,4-5,7H2,1H3,(H2,15,18)(H,16,17). The van der Waals surface area contributed by atoms with Crippen molar-refractivity contribution in [1.82, 2.24) is 0 Å². The zero-order chi connectivity index (χ0) is 13.1. The van der Waals surface area contributed by atoms with Gasteiger partial charge in [-0.25, -0.2) is 0 Å². The van der Waals surface area contributed by atoms with Gasteiger partial charge in [0.25, 0.3) is 0 Å². The van der Waals surface area contributed by atoms with E-state index in [1.165, 1.54) is 0 Å². The predicted octanol–water partition coefficient (Wildman–Crippen LogP) is 2.70. The second kappa shape index (κ2) is 5.48. The van der Waals surface area contributed by atoms with Crippen molar-refractivity contribution in [2.75, 3.05) is 5.32 Å². The van der Waals surface area contributed by atoms with Crippen molar-refractivity contribution in [2.24, 2.45) is 17.6 Å². The molecule has 0 heterocycles. The van der Waals surface area contributed by atoms with E-state index in [2.05, 4.69) is 12.2 Å². The number of carbonyl (C=O) groups excluding carboxylic acids is 1. The molecule has 1 aliphatic carbocycles. The van der Waals surface area contributed by atoms with Gasteiger partial charge in [-0.15, -0.1) is 0 Å². The SMILES string of the molecule is CC1CCCC1C(=O)Nc1ccccc1C(N)=S. The summed E-state index contributed by atoms with van der Waals surface area (Å²) in [6, 6.07) is 7.40. The van der Waals surface area contributed by atoms with E-state index in [4.69, 9.17) is 18.0 Å². The molecule has 0 bridgehead atoms. The molecule has 1 aliphatic rings. The molecule has 0 aromatic heterocycles. The molecule has 0 saturated heterocycles. The van der Waals surface area contributed by atoms with Crippen LogP contribution in [0.2, 0.25) is 0 Å². The van der Waals surface area contributed by atoms with Gasteiger partial charge in [0.2, 0.25) is 5.91 Å². The summed E-state index contributed by atoms with van der Waals surface area (Å²) in [6.45, 7) is 2.14. The van der Waals surface area contributed by atoms with Crippen LogP contribution >= 0.6 is 12.2 Å². The molecular weight excluding hydrogens is 244 g/mol. The summed E-state index contributed by atoms with van der Waals surface area (Å²) in [4.78, 5) is 12.5. The first-order chi connectivity index (χ1) is 8.59. The van der Waals surface area contributed by atoms with Gasteiger partial charge in [0, 0.05) is 11.5 Å². The number of carbonyl (C=O) groups is 1. The Morgan fingerprint density at radius 2 is 2.11 bits per heavy atom. The summed E-state index contributed by atoms with van der Waals surface area (Å²) >= 11 is 4.99. The van der Waals surface area contributed by atoms with Crippen molar-refractivity contribution in [3.63, 3.8) is 0 Å². The Balaban J connectivity index is 2.14. The molecule has 2 atom stereocenters. The van der Waals surface area contributed by atoms with E-state index in [1.54, 1.807) is 0 Å². The Morgan fingerprint density at radius 3 is 2.72 bits per heavy atom. The second-order valence-corrected chi connectivity index (χ2v) is 5.35. The first-order valence-electron chi connectivity index (χ1n) is 6.29. The fraction of sp³-hybridized carbons (Fsp3) is 0.429. The van der Waals surface area contributed by atoms with Crippen LogP contribution < -0.4 is 11.1 Å². The summed E-state index contributed by atoms with van der Waals surface area (Å²) in [5.74, 6) is 0.662. The molecule has 96 valence electrons. The minimum absolute atomic E-state index is 0.0868. The average molecular weight is 262 g/mol. The van der Waals surface area contributed by atoms with Gasteiger partial charge in [-0.2, -0.15) is 0 Å². The van der Waals surface area contributed by atoms with Gasteiger partial charge in [-0.05, 0) is 30.9 Å². The van der Waals surface area contributed by atoms with Crippen molar-refractivity contribution in [2.45, 2.75) is 26.2 Å². The molecule has 0 spiro atoms. The quantitative estimate of drug-likeness (QED) is 0.823. The topological polar surface area (TPSA) is 55.1 Å². The number of benzene rings is 1. The summed E-state index contributed by atoms with van der Waals surface area (Å²) in [6.07, 6.45) is 3.24. The maximum atomic E-state index is 12.2. The average Bonchev–Trinajstić information content (AvgIpc) is 2.76. The summed E-state index contributed by atoms with van der Waals surface area (Å²) in [5, 5.41) is 2.96. The van der Waals surface area contributed by atoms with Crippen LogP contribution in [0.25, 0.3) is 0 Å². The van der Waals surface area contributed by atoms with Gasteiger partial charge < -0.3 is 11.1 Å². The lowest BCUT2D eigenvalue weighted by Crippen LogP contribution is -2.26. The van der Waals surface area contributed by atoms with Crippen LogP contribution in [0.1, 0.15) is 31.7 Å². The lowest BCUT2D eigenvalue weighted by molar-refractivity contribution is -0.120. The first-order valence-corrected chi connectivity index (χ1v) is 6.70. The zero-order valence-electron chi connectivity index (χ0n) is 10.5. The molecule has 1 saturated carbocycles. The number of amides is 1. The molecule has 1 fully saturated rings. The molecule has 0 radical (unpaired) electrons. The number of hydrogen-bond acceptors (Lipinski definition) is 2. The highest BCUT2D eigenvalue weighted by Crippen LogP contribution is 2.32. The highest BCUT2D eigenvalue weighted by Gasteiger charge is 2.29. The fourth-order valence-corrected chi connectivity index (χ4v) is 2.75. The van der Waals surface area contributed by atoms with Gasteiger partial charge in [0.05, 0.1) is 5.69 Å². The summed E-state index contributed by atoms with van der Waals surface area (Å²) in [5.41, 5.74) is 7.10. The van der Waals surface area contributed by atoms with Crippen LogP contribution in [-0.2, 0) is 4.79 Å². The van der Waals surface area contributed by atoms with Crippen LogP contribution in [0.15, 0.2) is 24.3 Å². The van der Waals surface area contributed by atoms with Crippen molar-refractivity contribution in [3.8, 4) is 0 Å². The van der Waals surface area contributed by atoms with Gasteiger partial charge in [-0.1, -0.05) is 37.7 Å². The number of anilines is 1. The maximum absolute atomic E-state index is 12.2. The molecule has 0 aliphatic heterocycles. The van der Waals surface area contributed by atoms with Crippen molar-refractivity contribution in [1.29, 1.82) is 0 Å². The Labute approximate surface area is 113 Å². The van der Waals surface area contributed by atoms with Crippen molar-refractivity contribution in [3.05, 3.63) is 29.8 Å². The highest BCUT2D eigenvalue weighted by molar-refractivity contribution is 7.80. The predicted molar refractivity (Wildman–Crippen MR) is 77.5 cm³/mol. The Hall–Kier alpha value is -1.42. The van der Waals surface area contributed by atoms with Gasteiger partial charge in [0.15, 0.2) is 0 Å². The number of nitrogens with two attached hydrogens (primary N) is 1. The van der Waals surface area contributed by atoms with E-state index in [1.807, 2.05) is 24.3 Å². The lowest BCUT2D eigenvalue weighted by atomic mass is 9.97. The smallest absolute Gasteiger partial charge is 0.227 e. The number of hydrogen-bond donors (Lipinski definition) is 2. The van der Waals surface area contributed by atoms with Gasteiger partial charge >= 0.3 is 0 Å². The number of para-hydroxylation sites is 1. The third kappa shape index (κ3) is 2.70. The maximum Gasteiger partial charge on any atom is 0.227 e. The molecule has 4 heteroatoms. The molecule has 1 amide bonds. The lowest BCUT2D eigenvalue weighted by Gasteiger charge is -2.16. The third-order valence-corrected chi connectivity index (χ3v) is 3.87. The van der Waals surface area contributed by atoms with Crippen LogP contribution in [0, 0.1) is 11.8 Å².